The zero-order chi connectivity index (χ0) is 20.3. The lowest BCUT2D eigenvalue weighted by Gasteiger charge is -2.17. The lowest BCUT2D eigenvalue weighted by atomic mass is 9.97. The molecule has 146 valence electrons. The van der Waals surface area contributed by atoms with E-state index in [1.165, 1.54) is 0 Å². The smallest absolute Gasteiger partial charge is 0.311 e. The molecular formula is C21H22NO5P. The first kappa shape index (κ1) is 19.9. The summed E-state index contributed by atoms with van der Waals surface area (Å²) in [6.07, 6.45) is 0. The van der Waals surface area contributed by atoms with Crippen molar-refractivity contribution < 1.29 is 18.6 Å². The van der Waals surface area contributed by atoms with E-state index in [4.69, 9.17) is 9.26 Å². The van der Waals surface area contributed by atoms with Gasteiger partial charge in [-0.2, -0.15) is 0 Å². The molecule has 0 spiro atoms. The first-order valence-corrected chi connectivity index (χ1v) is 9.77. The number of fused-ring (bicyclic) bond motifs is 1. The predicted octanol–water partition coefficient (Wildman–Crippen LogP) is 4.33. The summed E-state index contributed by atoms with van der Waals surface area (Å²) in [6, 6.07) is 15.3. The number of aromatic nitrogens is 1. The third-order valence-electron chi connectivity index (χ3n) is 4.28. The van der Waals surface area contributed by atoms with Crippen LogP contribution in [0.25, 0.3) is 22.0 Å². The van der Waals surface area contributed by atoms with Gasteiger partial charge < -0.3 is 14.2 Å². The van der Waals surface area contributed by atoms with Crippen molar-refractivity contribution in [1.29, 1.82) is 0 Å². The Morgan fingerprint density at radius 1 is 1.11 bits per heavy atom. The van der Waals surface area contributed by atoms with E-state index in [1.807, 2.05) is 42.5 Å². The minimum atomic E-state index is -1.63. The molecule has 28 heavy (non-hydrogen) atoms. The second-order valence-electron chi connectivity index (χ2n) is 7.43. The first-order chi connectivity index (χ1) is 13.3. The van der Waals surface area contributed by atoms with Crippen molar-refractivity contribution in [2.75, 3.05) is 0 Å². The summed E-state index contributed by atoms with van der Waals surface area (Å²) >= 11 is 0. The number of hydrogen-bond acceptors (Lipinski definition) is 5. The molecule has 3 aromatic rings. The van der Waals surface area contributed by atoms with Gasteiger partial charge in [-0.1, -0.05) is 42.5 Å². The van der Waals surface area contributed by atoms with Crippen molar-refractivity contribution in [3.8, 4) is 17.0 Å². The van der Waals surface area contributed by atoms with E-state index in [2.05, 4.69) is 4.98 Å². The molecule has 1 atom stereocenters. The number of esters is 1. The summed E-state index contributed by atoms with van der Waals surface area (Å²) in [7, 11) is -1.63. The minimum Gasteiger partial charge on any atom is -0.460 e. The van der Waals surface area contributed by atoms with Crippen LogP contribution in [-0.4, -0.2) is 11.0 Å². The molecule has 1 N–H and O–H groups in total. The van der Waals surface area contributed by atoms with Gasteiger partial charge in [0.15, 0.2) is 5.75 Å². The van der Waals surface area contributed by atoms with Crippen molar-refractivity contribution >= 4 is 25.4 Å². The highest BCUT2D eigenvalue weighted by atomic mass is 31.1. The van der Waals surface area contributed by atoms with Gasteiger partial charge in [-0.15, -0.1) is 0 Å². The van der Waals surface area contributed by atoms with Crippen LogP contribution in [0.5, 0.6) is 5.75 Å². The van der Waals surface area contributed by atoms with Gasteiger partial charge in [0, 0.05) is 16.8 Å². The fraction of sp³-hybridized carbons (Fsp3) is 0.238. The van der Waals surface area contributed by atoms with Crippen LogP contribution in [0.3, 0.4) is 0 Å². The summed E-state index contributed by atoms with van der Waals surface area (Å²) in [6.45, 7) is 5.09. The molecule has 0 saturated carbocycles. The molecule has 1 unspecified atom stereocenters. The number of pyridine rings is 1. The number of benzene rings is 2. The minimum absolute atomic E-state index is 0.0873. The number of nitrogens with one attached hydrogen (secondary N) is 1. The summed E-state index contributed by atoms with van der Waals surface area (Å²) in [4.78, 5) is 27.5. The molecule has 1 heterocycles. The maximum absolute atomic E-state index is 12.6. The Hall–Kier alpha value is -2.85. The van der Waals surface area contributed by atoms with E-state index in [1.54, 1.807) is 26.8 Å². The average molecular weight is 399 g/mol. The van der Waals surface area contributed by atoms with Crippen LogP contribution in [-0.2, 0) is 20.7 Å². The van der Waals surface area contributed by atoms with E-state index >= 15 is 0 Å². The van der Waals surface area contributed by atoms with Crippen LogP contribution in [0, 0.1) is 5.41 Å². The summed E-state index contributed by atoms with van der Waals surface area (Å²) in [5, 5.41) is 2.01. The van der Waals surface area contributed by atoms with Crippen molar-refractivity contribution in [1.82, 2.24) is 4.98 Å². The zero-order valence-corrected chi connectivity index (χ0v) is 17.1. The van der Waals surface area contributed by atoms with Gasteiger partial charge in [0.05, 0.1) is 5.41 Å². The van der Waals surface area contributed by atoms with Gasteiger partial charge in [-0.05, 0) is 37.6 Å². The Bertz CT molecular complexity index is 1090. The molecule has 7 heteroatoms. The summed E-state index contributed by atoms with van der Waals surface area (Å²) in [5.41, 5.74) is 0.574. The second-order valence-corrected chi connectivity index (χ2v) is 7.86. The van der Waals surface area contributed by atoms with E-state index in [0.717, 1.165) is 16.3 Å². The van der Waals surface area contributed by atoms with Crippen LogP contribution < -0.4 is 10.1 Å². The number of carbonyl (C=O) groups is 1. The maximum atomic E-state index is 12.6. The van der Waals surface area contributed by atoms with Crippen molar-refractivity contribution in [3.05, 3.63) is 64.4 Å². The fourth-order valence-electron chi connectivity index (χ4n) is 2.85. The number of ether oxygens (including phenoxy) is 1. The SMILES string of the molecule is CC(C)(C)C(=O)OCc1cc(-c2cccc3ccccc23)[nH]c(=O)c1O[PH2]=O. The molecular weight excluding hydrogens is 377 g/mol. The lowest BCUT2D eigenvalue weighted by Crippen LogP contribution is -2.23. The largest absolute Gasteiger partial charge is 0.460 e. The van der Waals surface area contributed by atoms with E-state index in [9.17, 15) is 14.2 Å². The van der Waals surface area contributed by atoms with Crippen molar-refractivity contribution in [2.24, 2.45) is 5.41 Å². The van der Waals surface area contributed by atoms with Crippen molar-refractivity contribution in [2.45, 2.75) is 27.4 Å². The standard InChI is InChI=1S/C21H22NO5P/c1-21(2,3)20(24)26-12-14-11-17(22-19(23)18(14)27-28-25)16-10-6-8-13-7-4-5-9-15(13)16/h4-11H,12,28H2,1-3H3,(H,22,23). The highest BCUT2D eigenvalue weighted by molar-refractivity contribution is 7.17. The Labute approximate surface area is 163 Å². The molecule has 0 radical (unpaired) electrons. The normalized spacial score (nSPS) is 11.8. The molecule has 6 nitrogen and oxygen atoms in total. The van der Waals surface area contributed by atoms with Crippen LogP contribution >= 0.6 is 8.69 Å². The molecule has 0 saturated heterocycles. The number of rotatable bonds is 5. The Morgan fingerprint density at radius 3 is 2.54 bits per heavy atom. The third kappa shape index (κ3) is 4.18. The van der Waals surface area contributed by atoms with Gasteiger partial charge in [0.1, 0.15) is 6.61 Å². The Balaban J connectivity index is 2.08. The van der Waals surface area contributed by atoms with Crippen LogP contribution in [0.4, 0.5) is 0 Å². The number of hydrogen-bond donors (Lipinski definition) is 1. The van der Waals surface area contributed by atoms with E-state index < -0.39 is 25.6 Å². The van der Waals surface area contributed by atoms with E-state index in [-0.39, 0.29) is 12.4 Å². The molecule has 0 fully saturated rings. The number of H-pyrrole nitrogens is 1. The fourth-order valence-corrected chi connectivity index (χ4v) is 3.21. The zero-order valence-electron chi connectivity index (χ0n) is 15.9. The number of aromatic amines is 1. The molecule has 2 aromatic carbocycles. The number of carbonyl (C=O) groups excluding carboxylic acids is 1. The molecule has 1 aromatic heterocycles. The maximum Gasteiger partial charge on any atom is 0.311 e. The van der Waals surface area contributed by atoms with Gasteiger partial charge in [-0.25, -0.2) is 0 Å². The first-order valence-electron chi connectivity index (χ1n) is 8.83. The molecule has 0 amide bonds. The topological polar surface area (TPSA) is 85.5 Å². The quantitative estimate of drug-likeness (QED) is 0.510. The van der Waals surface area contributed by atoms with Gasteiger partial charge in [0.25, 0.3) is 5.56 Å². The van der Waals surface area contributed by atoms with Gasteiger partial charge >= 0.3 is 5.97 Å². The molecule has 0 aliphatic carbocycles. The molecule has 0 aliphatic heterocycles. The summed E-state index contributed by atoms with van der Waals surface area (Å²) < 4.78 is 21.4. The molecule has 0 bridgehead atoms. The van der Waals surface area contributed by atoms with Crippen molar-refractivity contribution in [3.63, 3.8) is 0 Å². The van der Waals surface area contributed by atoms with Gasteiger partial charge in [-0.3, -0.25) is 14.2 Å². The van der Waals surface area contributed by atoms with Crippen LogP contribution in [0.15, 0.2) is 53.3 Å². The average Bonchev–Trinajstić information content (AvgIpc) is 2.66. The Morgan fingerprint density at radius 2 is 1.82 bits per heavy atom. The highest BCUT2D eigenvalue weighted by Gasteiger charge is 2.24. The lowest BCUT2D eigenvalue weighted by molar-refractivity contribution is -0.154. The van der Waals surface area contributed by atoms with Crippen LogP contribution in [0.2, 0.25) is 0 Å². The molecule has 3 rings (SSSR count). The Kier molecular flexibility index (Phi) is 5.71. The second kappa shape index (κ2) is 8.03. The third-order valence-corrected chi connectivity index (χ3v) is 4.61. The van der Waals surface area contributed by atoms with Gasteiger partial charge in [0.2, 0.25) is 8.69 Å². The molecule has 0 aliphatic rings. The summed E-state index contributed by atoms with van der Waals surface area (Å²) in [5.74, 6) is -0.490. The monoisotopic (exact) mass is 399 g/mol. The predicted molar refractivity (Wildman–Crippen MR) is 110 cm³/mol. The van der Waals surface area contributed by atoms with Crippen LogP contribution in [0.1, 0.15) is 26.3 Å². The van der Waals surface area contributed by atoms with E-state index in [0.29, 0.717) is 11.3 Å². The highest BCUT2D eigenvalue weighted by Crippen LogP contribution is 2.30.